The minimum atomic E-state index is -4.53. The molecule has 1 aliphatic heterocycles. The van der Waals surface area contributed by atoms with Gasteiger partial charge in [-0.05, 0) is 24.3 Å². The van der Waals surface area contributed by atoms with E-state index in [9.17, 15) is 28.1 Å². The van der Waals surface area contributed by atoms with Gasteiger partial charge in [0.15, 0.2) is 0 Å². The molecule has 1 aliphatic rings. The van der Waals surface area contributed by atoms with E-state index in [-0.39, 0.29) is 24.3 Å². The highest BCUT2D eigenvalue weighted by Crippen LogP contribution is 2.31. The number of carbonyl (C=O) groups excluding carboxylic acids is 1. The highest BCUT2D eigenvalue weighted by molar-refractivity contribution is 5.94. The van der Waals surface area contributed by atoms with E-state index in [1.165, 1.54) is 36.4 Å². The van der Waals surface area contributed by atoms with E-state index in [0.29, 0.717) is 24.3 Å². The number of carbonyl (C=O) groups is 1. The number of anilines is 1. The first-order valence-electron chi connectivity index (χ1n) is 9.27. The Labute approximate surface area is 175 Å². The molecular formula is C20H19F3N4O4. The summed E-state index contributed by atoms with van der Waals surface area (Å²) in [5, 5.41) is 15.1. The van der Waals surface area contributed by atoms with Gasteiger partial charge in [-0.3, -0.25) is 14.9 Å². The lowest BCUT2D eigenvalue weighted by atomic mass is 10.1. The monoisotopic (exact) mass is 436 g/mol. The predicted octanol–water partition coefficient (Wildman–Crippen LogP) is 3.56. The smallest absolute Gasteiger partial charge is 0.399 e. The van der Waals surface area contributed by atoms with Crippen LogP contribution >= 0.6 is 0 Å². The summed E-state index contributed by atoms with van der Waals surface area (Å²) in [4.78, 5) is 31.4. The Morgan fingerprint density at radius 2 is 1.87 bits per heavy atom. The van der Waals surface area contributed by atoms with E-state index in [2.05, 4.69) is 9.99 Å². The number of hydrogen-bond acceptors (Lipinski definition) is 6. The van der Waals surface area contributed by atoms with Crippen molar-refractivity contribution < 1.29 is 27.7 Å². The summed E-state index contributed by atoms with van der Waals surface area (Å²) in [7, 11) is 1.36. The molecule has 0 radical (unpaired) electrons. The van der Waals surface area contributed by atoms with E-state index in [1.54, 1.807) is 17.0 Å². The summed E-state index contributed by atoms with van der Waals surface area (Å²) in [6, 6.07) is 8.91. The fraction of sp³-hybridized carbons (Fsp3) is 0.300. The molecule has 2 aromatic rings. The second kappa shape index (κ2) is 9.02. The fourth-order valence-electron chi connectivity index (χ4n) is 3.31. The van der Waals surface area contributed by atoms with Crippen LogP contribution in [0.15, 0.2) is 47.6 Å². The molecule has 11 heteroatoms. The maximum atomic E-state index is 12.9. The number of rotatable bonds is 5. The maximum absolute atomic E-state index is 12.9. The summed E-state index contributed by atoms with van der Waals surface area (Å²) in [5.74, 6) is -0.508. The molecule has 0 aromatic heterocycles. The zero-order chi connectivity index (χ0) is 22.6. The minimum absolute atomic E-state index is 0.0453. The van der Waals surface area contributed by atoms with Crippen LogP contribution in [0.3, 0.4) is 0 Å². The molecule has 1 fully saturated rings. The number of nitro groups is 1. The quantitative estimate of drug-likeness (QED) is 0.406. The molecule has 0 atom stereocenters. The van der Waals surface area contributed by atoms with Gasteiger partial charge in [-0.15, -0.1) is 0 Å². The number of nitrogens with zero attached hydrogens (tertiary/aromatic N) is 4. The van der Waals surface area contributed by atoms with Gasteiger partial charge >= 0.3 is 6.18 Å². The molecular weight excluding hydrogens is 417 g/mol. The Kier molecular flexibility index (Phi) is 6.42. The first-order valence-corrected chi connectivity index (χ1v) is 9.27. The Balaban J connectivity index is 1.73. The Bertz CT molecular complexity index is 1000. The first kappa shape index (κ1) is 22.1. The molecule has 0 unspecified atom stereocenters. The predicted molar refractivity (Wildman–Crippen MR) is 107 cm³/mol. The van der Waals surface area contributed by atoms with Crippen molar-refractivity contribution in [2.45, 2.75) is 6.18 Å². The normalized spacial score (nSPS) is 14.7. The molecule has 164 valence electrons. The van der Waals surface area contributed by atoms with Gasteiger partial charge in [0.2, 0.25) is 0 Å². The van der Waals surface area contributed by atoms with Crippen molar-refractivity contribution in [2.75, 3.05) is 38.2 Å². The number of halogens is 3. The van der Waals surface area contributed by atoms with Crippen LogP contribution in [-0.4, -0.2) is 55.2 Å². The Morgan fingerprint density at radius 1 is 1.16 bits per heavy atom. The molecule has 1 saturated heterocycles. The average Bonchev–Trinajstić information content (AvgIpc) is 2.76. The minimum Gasteiger partial charge on any atom is -0.399 e. The second-order valence-corrected chi connectivity index (χ2v) is 6.78. The van der Waals surface area contributed by atoms with Gasteiger partial charge in [-0.1, -0.05) is 17.3 Å². The van der Waals surface area contributed by atoms with Gasteiger partial charge in [-0.2, -0.15) is 13.2 Å². The number of piperazine rings is 1. The second-order valence-electron chi connectivity index (χ2n) is 6.78. The Morgan fingerprint density at radius 3 is 2.48 bits per heavy atom. The summed E-state index contributed by atoms with van der Waals surface area (Å²) >= 11 is 0. The van der Waals surface area contributed by atoms with Crippen molar-refractivity contribution in [3.8, 4) is 0 Å². The van der Waals surface area contributed by atoms with E-state index in [1.807, 2.05) is 0 Å². The molecule has 0 N–H and O–H groups in total. The zero-order valence-electron chi connectivity index (χ0n) is 16.5. The van der Waals surface area contributed by atoms with Crippen LogP contribution in [0.5, 0.6) is 0 Å². The maximum Gasteiger partial charge on any atom is 0.416 e. The van der Waals surface area contributed by atoms with E-state index in [0.717, 1.165) is 12.1 Å². The van der Waals surface area contributed by atoms with Gasteiger partial charge < -0.3 is 14.6 Å². The van der Waals surface area contributed by atoms with Gasteiger partial charge in [0.1, 0.15) is 12.8 Å². The third-order valence-electron chi connectivity index (χ3n) is 4.85. The van der Waals surface area contributed by atoms with Gasteiger partial charge in [0, 0.05) is 43.4 Å². The number of hydrogen-bond donors (Lipinski definition) is 0. The number of nitro benzene ring substituents is 1. The highest BCUT2D eigenvalue weighted by Gasteiger charge is 2.32. The fourth-order valence-corrected chi connectivity index (χ4v) is 3.31. The molecule has 0 bridgehead atoms. The summed E-state index contributed by atoms with van der Waals surface area (Å²) in [6.45, 7) is 1.05. The van der Waals surface area contributed by atoms with Crippen LogP contribution in [0.25, 0.3) is 0 Å². The standard InChI is InChI=1S/C20H19F3N4O4/c1-31-24-13-14-5-6-17(18(11-14)27(29)30)25-7-9-26(10-8-25)19(28)15-3-2-4-16(12-15)20(21,22)23/h2-6,11-13H,7-10H2,1H3/b24-13+. The van der Waals surface area contributed by atoms with Crippen molar-refractivity contribution in [1.29, 1.82) is 0 Å². The molecule has 3 rings (SSSR count). The third-order valence-corrected chi connectivity index (χ3v) is 4.85. The number of oxime groups is 1. The topological polar surface area (TPSA) is 88.3 Å². The SMILES string of the molecule is CO/N=C/c1ccc(N2CCN(C(=O)c3cccc(C(F)(F)F)c3)CC2)c([N+](=O)[O-])c1. The lowest BCUT2D eigenvalue weighted by Crippen LogP contribution is -2.49. The summed E-state index contributed by atoms with van der Waals surface area (Å²) < 4.78 is 38.7. The average molecular weight is 436 g/mol. The lowest BCUT2D eigenvalue weighted by molar-refractivity contribution is -0.384. The van der Waals surface area contributed by atoms with Crippen LogP contribution < -0.4 is 4.90 Å². The van der Waals surface area contributed by atoms with E-state index in [4.69, 9.17) is 0 Å². The van der Waals surface area contributed by atoms with Crippen LogP contribution in [0.2, 0.25) is 0 Å². The van der Waals surface area contributed by atoms with Crippen molar-refractivity contribution >= 4 is 23.5 Å². The van der Waals surface area contributed by atoms with E-state index >= 15 is 0 Å². The number of alkyl halides is 3. The molecule has 1 amide bonds. The number of benzene rings is 2. The van der Waals surface area contributed by atoms with Crippen molar-refractivity contribution in [2.24, 2.45) is 5.16 Å². The molecule has 0 spiro atoms. The van der Waals surface area contributed by atoms with Crippen molar-refractivity contribution in [1.82, 2.24) is 4.90 Å². The molecule has 0 saturated carbocycles. The van der Waals surface area contributed by atoms with Crippen LogP contribution in [0.4, 0.5) is 24.5 Å². The highest BCUT2D eigenvalue weighted by atomic mass is 19.4. The van der Waals surface area contributed by atoms with Crippen LogP contribution in [0, 0.1) is 10.1 Å². The summed E-state index contributed by atoms with van der Waals surface area (Å²) in [6.07, 6.45) is -3.18. The van der Waals surface area contributed by atoms with Gasteiger partial charge in [0.25, 0.3) is 11.6 Å². The van der Waals surface area contributed by atoms with Crippen LogP contribution in [-0.2, 0) is 11.0 Å². The third kappa shape index (κ3) is 5.11. The molecule has 0 aliphatic carbocycles. The molecule has 2 aromatic carbocycles. The van der Waals surface area contributed by atoms with Crippen molar-refractivity contribution in [3.05, 3.63) is 69.3 Å². The van der Waals surface area contributed by atoms with Gasteiger partial charge in [0.05, 0.1) is 16.7 Å². The largest absolute Gasteiger partial charge is 0.416 e. The molecule has 31 heavy (non-hydrogen) atoms. The van der Waals surface area contributed by atoms with Crippen molar-refractivity contribution in [3.63, 3.8) is 0 Å². The van der Waals surface area contributed by atoms with Gasteiger partial charge in [-0.25, -0.2) is 0 Å². The first-order chi connectivity index (χ1) is 14.7. The zero-order valence-corrected chi connectivity index (χ0v) is 16.5. The van der Waals surface area contributed by atoms with E-state index < -0.39 is 22.6 Å². The number of amides is 1. The Hall–Kier alpha value is -3.63. The lowest BCUT2D eigenvalue weighted by Gasteiger charge is -2.36. The molecule has 1 heterocycles. The van der Waals surface area contributed by atoms with Crippen LogP contribution in [0.1, 0.15) is 21.5 Å². The summed E-state index contributed by atoms with van der Waals surface area (Å²) in [5.41, 5.74) is -0.153. The molecule has 8 nitrogen and oxygen atoms in total.